The van der Waals surface area contributed by atoms with Crippen LogP contribution >= 0.6 is 0 Å². The minimum Gasteiger partial charge on any atom is -0.481 e. The van der Waals surface area contributed by atoms with Crippen LogP contribution in [0.1, 0.15) is 31.0 Å². The monoisotopic (exact) mass is 419 g/mol. The molecule has 160 valence electrons. The quantitative estimate of drug-likeness (QED) is 0.499. The minimum atomic E-state index is -1.27. The van der Waals surface area contributed by atoms with Crippen LogP contribution in [0.25, 0.3) is 0 Å². The molecule has 0 aromatic heterocycles. The molecule has 0 saturated heterocycles. The number of ether oxygens (including phenoxy) is 2. The minimum absolute atomic E-state index is 0.0940. The van der Waals surface area contributed by atoms with E-state index in [0.29, 0.717) is 17.1 Å². The highest BCUT2D eigenvalue weighted by Crippen LogP contribution is 2.35. The van der Waals surface area contributed by atoms with Crippen molar-refractivity contribution in [2.45, 2.75) is 26.5 Å². The summed E-state index contributed by atoms with van der Waals surface area (Å²) in [5.41, 5.74) is 0.201. The van der Waals surface area contributed by atoms with Crippen LogP contribution in [0.5, 0.6) is 11.5 Å². The first-order chi connectivity index (χ1) is 14.9. The molecule has 0 radical (unpaired) electrons. The van der Waals surface area contributed by atoms with E-state index < -0.39 is 23.5 Å². The van der Waals surface area contributed by atoms with E-state index in [1.807, 2.05) is 60.7 Å². The Morgan fingerprint density at radius 2 is 1.42 bits per heavy atom. The van der Waals surface area contributed by atoms with Crippen LogP contribution in [0, 0.1) is 5.41 Å². The normalized spacial score (nSPS) is 11.9. The average Bonchev–Trinajstić information content (AvgIpc) is 2.78. The van der Waals surface area contributed by atoms with Crippen molar-refractivity contribution in [2.75, 3.05) is 0 Å². The van der Waals surface area contributed by atoms with Gasteiger partial charge in [0.1, 0.15) is 18.1 Å². The van der Waals surface area contributed by atoms with Crippen molar-refractivity contribution in [3.8, 4) is 11.5 Å². The van der Waals surface area contributed by atoms with Gasteiger partial charge in [0, 0.05) is 0 Å². The predicted molar refractivity (Wildman–Crippen MR) is 117 cm³/mol. The van der Waals surface area contributed by atoms with Crippen molar-refractivity contribution < 1.29 is 24.2 Å². The summed E-state index contributed by atoms with van der Waals surface area (Å²) in [6, 6.07) is 24.8. The van der Waals surface area contributed by atoms with Gasteiger partial charge in [0.25, 0.3) is 0 Å². The van der Waals surface area contributed by atoms with Crippen LogP contribution in [0.2, 0.25) is 0 Å². The highest BCUT2D eigenvalue weighted by atomic mass is 16.5. The highest BCUT2D eigenvalue weighted by molar-refractivity contribution is 5.77. The van der Waals surface area contributed by atoms with E-state index in [-0.39, 0.29) is 6.61 Å². The number of carbonyl (C=O) groups is 2. The van der Waals surface area contributed by atoms with Crippen LogP contribution in [0.15, 0.2) is 84.9 Å². The molecule has 3 aromatic carbocycles. The fourth-order valence-corrected chi connectivity index (χ4v) is 3.04. The van der Waals surface area contributed by atoms with Crippen molar-refractivity contribution in [1.29, 1.82) is 0 Å². The number of nitrogens with one attached hydrogen (secondary N) is 1. The number of hydrogen-bond acceptors (Lipinski definition) is 4. The van der Waals surface area contributed by atoms with E-state index in [2.05, 4.69) is 5.32 Å². The number of carboxylic acids is 1. The smallest absolute Gasteiger partial charge is 0.407 e. The number of benzene rings is 3. The largest absolute Gasteiger partial charge is 0.481 e. The summed E-state index contributed by atoms with van der Waals surface area (Å²) in [5, 5.41) is 12.4. The summed E-state index contributed by atoms with van der Waals surface area (Å²) in [5.74, 6) is 0.263. The van der Waals surface area contributed by atoms with Crippen LogP contribution in [-0.4, -0.2) is 17.2 Å². The van der Waals surface area contributed by atoms with Crippen LogP contribution < -0.4 is 10.1 Å². The summed E-state index contributed by atoms with van der Waals surface area (Å²) < 4.78 is 11.1. The maximum atomic E-state index is 12.4. The molecule has 0 saturated carbocycles. The first-order valence-electron chi connectivity index (χ1n) is 9.90. The van der Waals surface area contributed by atoms with Crippen molar-refractivity contribution in [3.63, 3.8) is 0 Å². The Hall–Kier alpha value is -3.80. The molecule has 6 nitrogen and oxygen atoms in total. The van der Waals surface area contributed by atoms with E-state index in [0.717, 1.165) is 5.56 Å². The Morgan fingerprint density at radius 3 is 2.00 bits per heavy atom. The lowest BCUT2D eigenvalue weighted by Crippen LogP contribution is -2.42. The van der Waals surface area contributed by atoms with Gasteiger partial charge in [-0.05, 0) is 49.2 Å². The standard InChI is InChI=1S/C25H25NO5/c1-25(2,23(27)28)22(26-24(29)30-17-18-9-5-3-6-10-18)19-13-15-21(16-14-19)31-20-11-7-4-8-12-20/h3-16,22H,17H2,1-2H3,(H,26,29)(H,27,28)/t22-/m1/s1. The predicted octanol–water partition coefficient (Wildman–Crippen LogP) is 5.56. The number of amides is 1. The van der Waals surface area contributed by atoms with Gasteiger partial charge in [-0.25, -0.2) is 4.79 Å². The summed E-state index contributed by atoms with van der Waals surface area (Å²) in [4.78, 5) is 24.3. The van der Waals surface area contributed by atoms with Crippen LogP contribution in [-0.2, 0) is 16.1 Å². The van der Waals surface area contributed by atoms with E-state index in [4.69, 9.17) is 9.47 Å². The molecule has 0 fully saturated rings. The molecule has 0 bridgehead atoms. The van der Waals surface area contributed by atoms with Crippen molar-refractivity contribution in [2.24, 2.45) is 5.41 Å². The third kappa shape index (κ3) is 5.85. The molecule has 2 N–H and O–H groups in total. The van der Waals surface area contributed by atoms with E-state index in [1.54, 1.807) is 38.1 Å². The van der Waals surface area contributed by atoms with Crippen LogP contribution in [0.4, 0.5) is 4.79 Å². The van der Waals surface area contributed by atoms with Gasteiger partial charge in [-0.1, -0.05) is 60.7 Å². The molecule has 3 aromatic rings. The van der Waals surface area contributed by atoms with Gasteiger partial charge in [0.05, 0.1) is 11.5 Å². The second-order valence-corrected chi connectivity index (χ2v) is 7.65. The van der Waals surface area contributed by atoms with Gasteiger partial charge in [-0.3, -0.25) is 4.79 Å². The average molecular weight is 419 g/mol. The van der Waals surface area contributed by atoms with E-state index in [1.165, 1.54) is 0 Å². The first-order valence-corrected chi connectivity index (χ1v) is 9.90. The summed E-state index contributed by atoms with van der Waals surface area (Å²) in [6.07, 6.45) is -0.687. The fourth-order valence-electron chi connectivity index (χ4n) is 3.04. The molecular weight excluding hydrogens is 394 g/mol. The zero-order valence-electron chi connectivity index (χ0n) is 17.4. The highest BCUT2D eigenvalue weighted by Gasteiger charge is 2.39. The lowest BCUT2D eigenvalue weighted by atomic mass is 9.80. The molecule has 31 heavy (non-hydrogen) atoms. The molecule has 6 heteroatoms. The summed E-state index contributed by atoms with van der Waals surface area (Å²) in [7, 11) is 0. The number of alkyl carbamates (subject to hydrolysis) is 1. The molecule has 0 aliphatic carbocycles. The number of hydrogen-bond donors (Lipinski definition) is 2. The van der Waals surface area contributed by atoms with Gasteiger partial charge in [-0.15, -0.1) is 0 Å². The molecule has 3 rings (SSSR count). The van der Waals surface area contributed by atoms with Gasteiger partial charge in [0.2, 0.25) is 0 Å². The second-order valence-electron chi connectivity index (χ2n) is 7.65. The molecule has 0 heterocycles. The summed E-state index contributed by atoms with van der Waals surface area (Å²) >= 11 is 0. The molecular formula is C25H25NO5. The van der Waals surface area contributed by atoms with Crippen LogP contribution in [0.3, 0.4) is 0 Å². The second kappa shape index (κ2) is 9.80. The van der Waals surface area contributed by atoms with Gasteiger partial charge in [-0.2, -0.15) is 0 Å². The molecule has 0 spiro atoms. The number of carbonyl (C=O) groups excluding carboxylic acids is 1. The third-order valence-corrected chi connectivity index (χ3v) is 4.94. The van der Waals surface area contributed by atoms with E-state index >= 15 is 0 Å². The van der Waals surface area contributed by atoms with Crippen molar-refractivity contribution in [3.05, 3.63) is 96.1 Å². The Kier molecular flexibility index (Phi) is 6.92. The third-order valence-electron chi connectivity index (χ3n) is 4.94. The number of carboxylic acid groups (broad SMARTS) is 1. The zero-order chi connectivity index (χ0) is 22.3. The number of aliphatic carboxylic acids is 1. The Balaban J connectivity index is 1.74. The number of para-hydroxylation sites is 1. The Bertz CT molecular complexity index is 1000. The van der Waals surface area contributed by atoms with Crippen molar-refractivity contribution in [1.82, 2.24) is 5.32 Å². The Morgan fingerprint density at radius 1 is 0.871 bits per heavy atom. The summed E-state index contributed by atoms with van der Waals surface area (Å²) in [6.45, 7) is 3.22. The molecule has 0 aliphatic rings. The van der Waals surface area contributed by atoms with Gasteiger partial charge >= 0.3 is 12.1 Å². The fraction of sp³-hybridized carbons (Fsp3) is 0.200. The van der Waals surface area contributed by atoms with Gasteiger partial charge < -0.3 is 19.9 Å². The van der Waals surface area contributed by atoms with E-state index in [9.17, 15) is 14.7 Å². The number of rotatable bonds is 8. The lowest BCUT2D eigenvalue weighted by Gasteiger charge is -2.31. The maximum absolute atomic E-state index is 12.4. The molecule has 1 atom stereocenters. The maximum Gasteiger partial charge on any atom is 0.407 e. The first kappa shape index (κ1) is 21.9. The topological polar surface area (TPSA) is 84.9 Å². The Labute approximate surface area is 181 Å². The molecule has 0 unspecified atom stereocenters. The molecule has 0 aliphatic heterocycles. The molecule has 1 amide bonds. The van der Waals surface area contributed by atoms with Gasteiger partial charge in [0.15, 0.2) is 0 Å². The zero-order valence-corrected chi connectivity index (χ0v) is 17.4. The SMILES string of the molecule is CC(C)(C(=O)O)[C@H](NC(=O)OCc1ccccc1)c1ccc(Oc2ccccc2)cc1. The lowest BCUT2D eigenvalue weighted by molar-refractivity contribution is -0.148. The van der Waals surface area contributed by atoms with Crippen molar-refractivity contribution >= 4 is 12.1 Å².